The van der Waals surface area contributed by atoms with E-state index in [1.807, 2.05) is 0 Å². The number of primary amides is 2. The minimum absolute atomic E-state index is 0.0458. The number of benzene rings is 2. The van der Waals surface area contributed by atoms with Gasteiger partial charge in [0.2, 0.25) is 76.8 Å². The molecule has 0 radical (unpaired) electrons. The summed E-state index contributed by atoms with van der Waals surface area (Å²) in [6, 6.07) is -6.26. The number of fused-ring (bicyclic) bond motifs is 1. The molecule has 2 aromatic heterocycles. The van der Waals surface area contributed by atoms with Gasteiger partial charge >= 0.3 is 11.9 Å². The number of aliphatic hydroxyl groups is 1. The van der Waals surface area contributed by atoms with Gasteiger partial charge in [-0.3, -0.25) is 72.1 Å². The van der Waals surface area contributed by atoms with Crippen molar-refractivity contribution < 1.29 is 87.2 Å². The molecular formula is C71H106N22O18S2. The number of guanidine groups is 1. The van der Waals surface area contributed by atoms with Crippen LogP contribution in [0.25, 0.3) is 22.2 Å². The number of aromatic nitrogens is 4. The Morgan fingerprint density at radius 3 is 1.73 bits per heavy atom. The number of rotatable bonds is 48. The third kappa shape index (κ3) is 28.5. The van der Waals surface area contributed by atoms with E-state index < -0.39 is 211 Å². The number of nitrogens with one attached hydrogen (secondary N) is 11. The molecule has 0 unspecified atom stereocenters. The SMILES string of the molecule is CC[C@H](C)[C@H](NC(=O)[C@@H](N)CCCN=C(N)N)C(=O)N[C@@H](CC(N)=O)C(=O)N[C@@H](CC(N)=O)C(=O)N[C@H](C(=O)N1C[C@@H](n2cc(-c3ccc(N)cc3)nn2)C[C@H]1C(=O)N[C@@H](Cc1c[nH]c2ccccc12)C(=O)N[C@@H](CO)C(=O)N[C@@H](CCC(=O)O)C(=O)N[C@@H](C)C(=O)N[C@@H](CCSC)C(=O)N[C@@H](CCSC)C(=O)O)[C@@H](C)CC. The van der Waals surface area contributed by atoms with Crippen LogP contribution in [0.4, 0.5) is 5.69 Å². The summed E-state index contributed by atoms with van der Waals surface area (Å²) in [7, 11) is 0. The fourth-order valence-electron chi connectivity index (χ4n) is 12.0. The maximum absolute atomic E-state index is 15.6. The minimum atomic E-state index is -1.95. The first-order valence-corrected chi connectivity index (χ1v) is 39.4. The molecule has 113 heavy (non-hydrogen) atoms. The van der Waals surface area contributed by atoms with Crippen LogP contribution in [-0.2, 0) is 78.3 Å². The lowest BCUT2D eigenvalue weighted by molar-refractivity contribution is -0.144. The van der Waals surface area contributed by atoms with Gasteiger partial charge in [-0.15, -0.1) is 5.10 Å². The van der Waals surface area contributed by atoms with E-state index in [1.165, 1.54) is 35.1 Å². The van der Waals surface area contributed by atoms with E-state index >= 15 is 14.4 Å². The summed E-state index contributed by atoms with van der Waals surface area (Å²) < 4.78 is 1.40. The second-order valence-corrected chi connectivity index (χ2v) is 29.5. The Morgan fingerprint density at radius 2 is 1.13 bits per heavy atom. The van der Waals surface area contributed by atoms with Crippen LogP contribution in [0.2, 0.25) is 0 Å². The summed E-state index contributed by atoms with van der Waals surface area (Å²) in [5, 5.41) is 64.3. The summed E-state index contributed by atoms with van der Waals surface area (Å²) in [5.41, 5.74) is 36.5. The Labute approximate surface area is 660 Å². The lowest BCUT2D eigenvalue weighted by atomic mass is 9.96. The molecular weight excluding hydrogens is 1510 g/mol. The maximum atomic E-state index is 15.6. The number of hydrogen-bond acceptors (Lipinski definition) is 23. The number of aliphatic carboxylic acids is 2. The van der Waals surface area contributed by atoms with E-state index in [9.17, 15) is 72.9 Å². The fraction of sp³-hybridized carbons (Fsp3) is 0.549. The lowest BCUT2D eigenvalue weighted by Gasteiger charge is -2.33. The Morgan fingerprint density at radius 1 is 0.611 bits per heavy atom. The molecule has 2 aromatic carbocycles. The van der Waals surface area contributed by atoms with Gasteiger partial charge in [0, 0.05) is 60.7 Å². The molecule has 5 rings (SSSR count). The number of hydrogen-bond donors (Lipinski definition) is 20. The first kappa shape index (κ1) is 92.5. The molecule has 15 atom stereocenters. The van der Waals surface area contributed by atoms with Crippen LogP contribution in [0.15, 0.2) is 65.9 Å². The number of likely N-dealkylation sites (tertiary alicyclic amines) is 1. The van der Waals surface area contributed by atoms with Gasteiger partial charge in [-0.05, 0) is 98.6 Å². The van der Waals surface area contributed by atoms with Crippen LogP contribution in [0.1, 0.15) is 117 Å². The van der Waals surface area contributed by atoms with Gasteiger partial charge in [-0.25, -0.2) is 9.48 Å². The molecule has 0 aliphatic carbocycles. The van der Waals surface area contributed by atoms with Crippen molar-refractivity contribution in [3.63, 3.8) is 0 Å². The van der Waals surface area contributed by atoms with Gasteiger partial charge in [0.05, 0.1) is 37.7 Å². The second-order valence-electron chi connectivity index (χ2n) is 27.5. The predicted molar refractivity (Wildman–Crippen MR) is 418 cm³/mol. The number of carboxylic acid groups (broad SMARTS) is 2. The summed E-state index contributed by atoms with van der Waals surface area (Å²) >= 11 is 2.69. The summed E-state index contributed by atoms with van der Waals surface area (Å²) in [6.45, 7) is 6.47. The first-order chi connectivity index (χ1) is 53.5. The van der Waals surface area contributed by atoms with E-state index in [1.54, 1.807) is 101 Å². The van der Waals surface area contributed by atoms with Crippen LogP contribution < -0.4 is 87.6 Å². The van der Waals surface area contributed by atoms with Crippen molar-refractivity contribution in [1.29, 1.82) is 0 Å². The van der Waals surface area contributed by atoms with Crippen molar-refractivity contribution in [1.82, 2.24) is 78.0 Å². The number of thioether (sulfide) groups is 2. The van der Waals surface area contributed by atoms with Gasteiger partial charge in [-0.2, -0.15) is 23.5 Å². The van der Waals surface area contributed by atoms with Crippen LogP contribution in [-0.4, -0.2) is 251 Å². The summed E-state index contributed by atoms with van der Waals surface area (Å²) in [6.07, 6.45) is 3.85. The van der Waals surface area contributed by atoms with Gasteiger partial charge in [0.1, 0.15) is 72.2 Å². The largest absolute Gasteiger partial charge is 0.481 e. The number of nitrogens with zero attached hydrogens (tertiary/aromatic N) is 5. The first-order valence-electron chi connectivity index (χ1n) is 36.6. The molecule has 1 aliphatic heterocycles. The molecule has 3 heterocycles. The molecule has 0 saturated carbocycles. The standard InChI is InChI=1S/C71H106N22O18S2/c1-8-35(3)57(88-60(100)43(73)14-12-24-78-71(76)77)68(108)86-49(29-54(74)95)64(104)84-50(30-55(75)96)65(105)89-58(36(4)9-2)69(109)92-32-41(93-33-51(90-91-93)38-16-18-40(72)19-17-38)28-53(92)67(107)85-48(27-39-31-79-44-15-11-10-13-42(39)44)63(103)87-52(34-94)66(106)82-45(20-21-56(97)98)61(101)80-37(5)59(99)81-46(22-25-112-6)62(102)83-47(70(110)111)23-26-113-7/h10-11,13,15-19,31,33,35-37,41,43,45-50,52-53,57-58,79,94H,8-9,12,14,20-30,32,34,72-73H2,1-7H3,(H2,74,95)(H2,75,96)(H,80,101)(H,81,99)(H,82,106)(H,83,102)(H,84,104)(H,85,107)(H,86,108)(H,87,103)(H,88,100)(H,89,105)(H,97,98)(H,110,111)(H4,76,77,78)/t35-,36-,37-,41-,43-,45-,46-,47-,48-,49-,50-,52-,53-,57-,58-/m0/s1. The predicted octanol–water partition coefficient (Wildman–Crippen LogP) is -4.07. The van der Waals surface area contributed by atoms with E-state index in [0.29, 0.717) is 57.8 Å². The Bertz CT molecular complexity index is 4030. The van der Waals surface area contributed by atoms with Crippen molar-refractivity contribution in [2.45, 2.75) is 190 Å². The molecule has 1 aliphatic rings. The Hall–Kier alpha value is -11.1. The van der Waals surface area contributed by atoms with E-state index in [2.05, 4.69) is 73.5 Å². The smallest absolute Gasteiger partial charge is 0.326 e. The van der Waals surface area contributed by atoms with Crippen molar-refractivity contribution in [2.24, 2.45) is 45.5 Å². The van der Waals surface area contributed by atoms with Gasteiger partial charge in [-0.1, -0.05) is 76.1 Å². The fourth-order valence-corrected chi connectivity index (χ4v) is 13.0. The monoisotopic (exact) mass is 1620 g/mol. The molecule has 26 N–H and O–H groups in total. The number of nitrogens with two attached hydrogens (primary N) is 6. The number of aliphatic hydroxyl groups excluding tert-OH is 1. The second kappa shape index (κ2) is 45.4. The van der Waals surface area contributed by atoms with Crippen LogP contribution in [0.3, 0.4) is 0 Å². The third-order valence-corrected chi connectivity index (χ3v) is 20.2. The number of anilines is 1. The van der Waals surface area contributed by atoms with Crippen molar-refractivity contribution in [2.75, 3.05) is 49.4 Å². The van der Waals surface area contributed by atoms with Gasteiger partial charge in [0.15, 0.2) is 5.96 Å². The average molecular weight is 1620 g/mol. The third-order valence-electron chi connectivity index (χ3n) is 19.0. The molecule has 13 amide bonds. The van der Waals surface area contributed by atoms with Crippen molar-refractivity contribution in [3.8, 4) is 11.3 Å². The number of aliphatic imine (C=N–C) groups is 1. The van der Waals surface area contributed by atoms with Crippen molar-refractivity contribution in [3.05, 3.63) is 66.5 Å². The highest BCUT2D eigenvalue weighted by molar-refractivity contribution is 7.98. The number of carboxylic acids is 2. The van der Waals surface area contributed by atoms with E-state index in [0.717, 1.165) is 4.90 Å². The highest BCUT2D eigenvalue weighted by atomic mass is 32.2. The van der Waals surface area contributed by atoms with E-state index in [4.69, 9.17) is 34.4 Å². The van der Waals surface area contributed by atoms with Gasteiger partial charge in [0.25, 0.3) is 0 Å². The minimum Gasteiger partial charge on any atom is -0.481 e. The lowest BCUT2D eigenvalue weighted by Crippen LogP contribution is -2.62. The zero-order chi connectivity index (χ0) is 83.9. The quantitative estimate of drug-likeness (QED) is 0.00866. The Balaban J connectivity index is 1.48. The molecule has 620 valence electrons. The van der Waals surface area contributed by atoms with Gasteiger partial charge < -0.3 is 113 Å². The molecule has 1 saturated heterocycles. The number of aromatic amines is 1. The maximum Gasteiger partial charge on any atom is 0.326 e. The number of carbonyl (C=O) groups excluding carboxylic acids is 13. The highest BCUT2D eigenvalue weighted by Crippen LogP contribution is 2.31. The topological polar surface area (TPSA) is 655 Å². The van der Waals surface area contributed by atoms with Crippen LogP contribution in [0, 0.1) is 11.8 Å². The normalized spacial score (nSPS) is 16.7. The molecule has 4 aromatic rings. The highest BCUT2D eigenvalue weighted by Gasteiger charge is 2.46. The molecule has 1 fully saturated rings. The average Bonchev–Trinajstić information content (AvgIpc) is 1.65. The zero-order valence-electron chi connectivity index (χ0n) is 63.9. The summed E-state index contributed by atoms with van der Waals surface area (Å²) in [4.78, 5) is 215. The summed E-state index contributed by atoms with van der Waals surface area (Å²) in [5.74, 6) is -17.1. The van der Waals surface area contributed by atoms with Crippen LogP contribution in [0.5, 0.6) is 0 Å². The number of H-pyrrole nitrogens is 1. The van der Waals surface area contributed by atoms with Crippen LogP contribution >= 0.6 is 23.5 Å². The van der Waals surface area contributed by atoms with E-state index in [-0.39, 0.29) is 57.6 Å². The molecule has 40 nitrogen and oxygen atoms in total. The zero-order valence-corrected chi connectivity index (χ0v) is 65.6. The molecule has 42 heteroatoms. The Kier molecular flexibility index (Phi) is 37.1. The number of amides is 13. The molecule has 0 bridgehead atoms. The number of para-hydroxylation sites is 1. The molecule has 0 spiro atoms. The van der Waals surface area contributed by atoms with Crippen molar-refractivity contribution >= 4 is 135 Å². The number of carbonyl (C=O) groups is 15. The number of nitrogen functional groups attached to an aromatic ring is 1.